The Hall–Kier alpha value is -0.0800. The summed E-state index contributed by atoms with van der Waals surface area (Å²) < 4.78 is 0. The summed E-state index contributed by atoms with van der Waals surface area (Å²) in [7, 11) is 4.44. The van der Waals surface area contributed by atoms with Gasteiger partial charge in [-0.1, -0.05) is 27.7 Å². The van der Waals surface area contributed by atoms with Gasteiger partial charge in [0.1, 0.15) is 0 Å². The zero-order valence-electron chi connectivity index (χ0n) is 13.6. The number of nitrogens with zero attached hydrogens (tertiary/aromatic N) is 1. The average molecular weight is 254 g/mol. The number of likely N-dealkylation sites (N-methyl/N-ethyl adjacent to an activating group) is 2. The van der Waals surface area contributed by atoms with Crippen molar-refractivity contribution in [1.29, 1.82) is 0 Å². The highest BCUT2D eigenvalue weighted by Crippen LogP contribution is 2.39. The number of hydrogen-bond acceptors (Lipinski definition) is 2. The van der Waals surface area contributed by atoms with Gasteiger partial charge in [-0.25, -0.2) is 0 Å². The Morgan fingerprint density at radius 1 is 1.28 bits per heavy atom. The van der Waals surface area contributed by atoms with E-state index in [-0.39, 0.29) is 0 Å². The normalized spacial score (nSPS) is 31.7. The molecule has 4 atom stereocenters. The fraction of sp³-hybridized carbons (Fsp3) is 1.00. The van der Waals surface area contributed by atoms with Gasteiger partial charge in [0.05, 0.1) is 0 Å². The molecule has 0 aromatic carbocycles. The Balaban J connectivity index is 2.76. The monoisotopic (exact) mass is 254 g/mol. The van der Waals surface area contributed by atoms with Crippen LogP contribution in [0.2, 0.25) is 0 Å². The summed E-state index contributed by atoms with van der Waals surface area (Å²) in [6, 6.07) is 2.05. The van der Waals surface area contributed by atoms with Crippen molar-refractivity contribution in [3.63, 3.8) is 0 Å². The first kappa shape index (κ1) is 16.0. The van der Waals surface area contributed by atoms with Gasteiger partial charge in [-0.05, 0) is 58.0 Å². The van der Waals surface area contributed by atoms with Crippen LogP contribution in [0, 0.1) is 11.3 Å². The fourth-order valence-electron chi connectivity index (χ4n) is 3.34. The predicted octanol–water partition coefficient (Wildman–Crippen LogP) is 3.52. The minimum absolute atomic E-state index is 0.452. The standard InChI is InChI=1S/C16H34N2/c1-8-12(2)18(7)15-11-13(16(3,4)5)9-10-14(15)17-6/h12-15,17H,8-11H2,1-7H3. The lowest BCUT2D eigenvalue weighted by molar-refractivity contribution is 0.0547. The molecule has 0 amide bonds. The Kier molecular flexibility index (Phi) is 5.67. The molecule has 1 rings (SSSR count). The molecule has 0 heterocycles. The van der Waals surface area contributed by atoms with Crippen LogP contribution in [0.4, 0.5) is 0 Å². The van der Waals surface area contributed by atoms with Crippen LogP contribution in [-0.4, -0.2) is 37.1 Å². The second-order valence-corrected chi connectivity index (χ2v) is 7.26. The van der Waals surface area contributed by atoms with Gasteiger partial charge in [0.15, 0.2) is 0 Å². The van der Waals surface area contributed by atoms with Gasteiger partial charge in [-0.15, -0.1) is 0 Å². The lowest BCUT2D eigenvalue weighted by Crippen LogP contribution is -2.54. The van der Waals surface area contributed by atoms with Crippen LogP contribution in [0.1, 0.15) is 60.3 Å². The van der Waals surface area contributed by atoms with E-state index in [1.54, 1.807) is 0 Å². The minimum Gasteiger partial charge on any atom is -0.315 e. The van der Waals surface area contributed by atoms with Crippen LogP contribution in [0.5, 0.6) is 0 Å². The maximum Gasteiger partial charge on any atom is 0.0251 e. The molecular weight excluding hydrogens is 220 g/mol. The van der Waals surface area contributed by atoms with E-state index < -0.39 is 0 Å². The molecule has 2 heteroatoms. The second kappa shape index (κ2) is 6.38. The zero-order valence-corrected chi connectivity index (χ0v) is 13.6. The molecule has 0 spiro atoms. The first-order valence-corrected chi connectivity index (χ1v) is 7.70. The smallest absolute Gasteiger partial charge is 0.0251 e. The lowest BCUT2D eigenvalue weighted by Gasteiger charge is -2.46. The summed E-state index contributed by atoms with van der Waals surface area (Å²) in [5, 5.41) is 3.54. The highest BCUT2D eigenvalue weighted by molar-refractivity contribution is 4.93. The van der Waals surface area contributed by atoms with E-state index in [1.165, 1.54) is 25.7 Å². The SMILES string of the molecule is CCC(C)N(C)C1CC(C(C)(C)C)CCC1NC. The molecule has 1 N–H and O–H groups in total. The van der Waals surface area contributed by atoms with Crippen molar-refractivity contribution >= 4 is 0 Å². The lowest BCUT2D eigenvalue weighted by atomic mass is 9.69. The molecule has 108 valence electrons. The van der Waals surface area contributed by atoms with Crippen molar-refractivity contribution in [2.75, 3.05) is 14.1 Å². The van der Waals surface area contributed by atoms with Gasteiger partial charge in [-0.3, -0.25) is 4.90 Å². The van der Waals surface area contributed by atoms with Crippen molar-refractivity contribution in [2.45, 2.75) is 78.4 Å². The van der Waals surface area contributed by atoms with Crippen LogP contribution in [0.25, 0.3) is 0 Å². The molecule has 1 aliphatic carbocycles. The average Bonchev–Trinajstić information content (AvgIpc) is 2.35. The van der Waals surface area contributed by atoms with Crippen molar-refractivity contribution in [2.24, 2.45) is 11.3 Å². The van der Waals surface area contributed by atoms with Gasteiger partial charge in [0.2, 0.25) is 0 Å². The minimum atomic E-state index is 0.452. The number of nitrogens with one attached hydrogen (secondary N) is 1. The van der Waals surface area contributed by atoms with E-state index in [9.17, 15) is 0 Å². The van der Waals surface area contributed by atoms with E-state index in [0.717, 1.165) is 5.92 Å². The largest absolute Gasteiger partial charge is 0.315 e. The second-order valence-electron chi connectivity index (χ2n) is 7.26. The van der Waals surface area contributed by atoms with Crippen molar-refractivity contribution in [3.8, 4) is 0 Å². The number of rotatable bonds is 4. The van der Waals surface area contributed by atoms with Gasteiger partial charge in [0.25, 0.3) is 0 Å². The fourth-order valence-corrected chi connectivity index (χ4v) is 3.34. The summed E-state index contributed by atoms with van der Waals surface area (Å²) in [4.78, 5) is 2.61. The Labute approximate surface area is 115 Å². The molecular formula is C16H34N2. The van der Waals surface area contributed by atoms with E-state index in [0.29, 0.717) is 23.5 Å². The Morgan fingerprint density at radius 2 is 1.89 bits per heavy atom. The maximum atomic E-state index is 3.54. The first-order chi connectivity index (χ1) is 8.31. The molecule has 1 saturated carbocycles. The number of hydrogen-bond donors (Lipinski definition) is 1. The van der Waals surface area contributed by atoms with Crippen LogP contribution in [-0.2, 0) is 0 Å². The van der Waals surface area contributed by atoms with E-state index in [2.05, 4.69) is 58.9 Å². The van der Waals surface area contributed by atoms with Gasteiger partial charge in [-0.2, -0.15) is 0 Å². The van der Waals surface area contributed by atoms with Crippen LogP contribution in [0.3, 0.4) is 0 Å². The molecule has 0 saturated heterocycles. The highest BCUT2D eigenvalue weighted by atomic mass is 15.2. The van der Waals surface area contributed by atoms with E-state index >= 15 is 0 Å². The molecule has 4 unspecified atom stereocenters. The summed E-state index contributed by atoms with van der Waals surface area (Å²) >= 11 is 0. The van der Waals surface area contributed by atoms with Crippen molar-refractivity contribution < 1.29 is 0 Å². The summed E-state index contributed by atoms with van der Waals surface area (Å²) in [6.45, 7) is 11.8. The molecule has 0 radical (unpaired) electrons. The first-order valence-electron chi connectivity index (χ1n) is 7.70. The van der Waals surface area contributed by atoms with Crippen molar-refractivity contribution in [1.82, 2.24) is 10.2 Å². The van der Waals surface area contributed by atoms with E-state index in [1.807, 2.05) is 0 Å². The van der Waals surface area contributed by atoms with Crippen molar-refractivity contribution in [3.05, 3.63) is 0 Å². The molecule has 0 aliphatic heterocycles. The zero-order chi connectivity index (χ0) is 13.9. The van der Waals surface area contributed by atoms with Crippen LogP contribution < -0.4 is 5.32 Å². The quantitative estimate of drug-likeness (QED) is 0.826. The summed E-state index contributed by atoms with van der Waals surface area (Å²) in [6.07, 6.45) is 5.28. The third kappa shape index (κ3) is 3.71. The topological polar surface area (TPSA) is 15.3 Å². The highest BCUT2D eigenvalue weighted by Gasteiger charge is 2.37. The third-order valence-corrected chi connectivity index (χ3v) is 5.22. The summed E-state index contributed by atoms with van der Waals surface area (Å²) in [5.41, 5.74) is 0.452. The van der Waals surface area contributed by atoms with Crippen LogP contribution >= 0.6 is 0 Å². The van der Waals surface area contributed by atoms with E-state index in [4.69, 9.17) is 0 Å². The molecule has 0 aromatic heterocycles. The Bertz CT molecular complexity index is 244. The molecule has 2 nitrogen and oxygen atoms in total. The molecule has 0 bridgehead atoms. The van der Waals surface area contributed by atoms with Gasteiger partial charge < -0.3 is 5.32 Å². The van der Waals surface area contributed by atoms with Gasteiger partial charge >= 0.3 is 0 Å². The molecule has 18 heavy (non-hydrogen) atoms. The summed E-state index contributed by atoms with van der Waals surface area (Å²) in [5.74, 6) is 0.860. The molecule has 1 aliphatic rings. The predicted molar refractivity (Wildman–Crippen MR) is 80.9 cm³/mol. The van der Waals surface area contributed by atoms with Crippen LogP contribution in [0.15, 0.2) is 0 Å². The third-order valence-electron chi connectivity index (χ3n) is 5.22. The molecule has 1 fully saturated rings. The Morgan fingerprint density at radius 3 is 2.33 bits per heavy atom. The van der Waals surface area contributed by atoms with Gasteiger partial charge in [0, 0.05) is 18.1 Å². The molecule has 0 aromatic rings. The maximum absolute atomic E-state index is 3.54.